The fraction of sp³-hybridized carbons (Fsp3) is 0.846. The van der Waals surface area contributed by atoms with Gasteiger partial charge in [0.05, 0.1) is 0 Å². The SMILES string of the molecule is CCC(C)C1NC(=O)CCN(C2CC2C)C1=O. The zero-order valence-corrected chi connectivity index (χ0v) is 10.9. The second kappa shape index (κ2) is 4.67. The summed E-state index contributed by atoms with van der Waals surface area (Å²) < 4.78 is 0. The molecule has 4 atom stereocenters. The summed E-state index contributed by atoms with van der Waals surface area (Å²) in [7, 11) is 0. The molecule has 17 heavy (non-hydrogen) atoms. The lowest BCUT2D eigenvalue weighted by atomic mass is 9.98. The molecule has 2 amide bonds. The summed E-state index contributed by atoms with van der Waals surface area (Å²) in [6.07, 6.45) is 2.44. The number of rotatable bonds is 3. The minimum Gasteiger partial charge on any atom is -0.344 e. The Balaban J connectivity index is 2.13. The zero-order valence-electron chi connectivity index (χ0n) is 10.9. The van der Waals surface area contributed by atoms with Crippen molar-refractivity contribution in [3.63, 3.8) is 0 Å². The minimum atomic E-state index is -0.317. The van der Waals surface area contributed by atoms with Gasteiger partial charge in [0, 0.05) is 19.0 Å². The highest BCUT2D eigenvalue weighted by Crippen LogP contribution is 2.36. The number of nitrogens with zero attached hydrogens (tertiary/aromatic N) is 1. The summed E-state index contributed by atoms with van der Waals surface area (Å²) in [4.78, 5) is 26.0. The van der Waals surface area contributed by atoms with Crippen molar-refractivity contribution >= 4 is 11.8 Å². The molecule has 0 aromatic carbocycles. The molecule has 1 N–H and O–H groups in total. The molecule has 0 aromatic rings. The molecule has 96 valence electrons. The van der Waals surface area contributed by atoms with Crippen LogP contribution in [-0.4, -0.2) is 35.3 Å². The van der Waals surface area contributed by atoms with E-state index in [-0.39, 0.29) is 23.8 Å². The molecule has 2 rings (SSSR count). The summed E-state index contributed by atoms with van der Waals surface area (Å²) in [5.41, 5.74) is 0. The molecule has 4 unspecified atom stereocenters. The Morgan fingerprint density at radius 1 is 1.47 bits per heavy atom. The third-order valence-electron chi connectivity index (χ3n) is 4.13. The van der Waals surface area contributed by atoms with E-state index in [2.05, 4.69) is 19.2 Å². The lowest BCUT2D eigenvalue weighted by Gasteiger charge is -2.27. The fourth-order valence-electron chi connectivity index (χ4n) is 2.51. The molecule has 2 aliphatic rings. The molecular weight excluding hydrogens is 216 g/mol. The molecule has 1 aliphatic carbocycles. The molecule has 2 fully saturated rings. The van der Waals surface area contributed by atoms with Crippen LogP contribution in [0.1, 0.15) is 40.0 Å². The molecule has 1 saturated heterocycles. The average Bonchev–Trinajstić information content (AvgIpc) is 3.03. The van der Waals surface area contributed by atoms with Gasteiger partial charge in [0.2, 0.25) is 11.8 Å². The van der Waals surface area contributed by atoms with E-state index in [0.717, 1.165) is 12.8 Å². The topological polar surface area (TPSA) is 49.4 Å². The maximum Gasteiger partial charge on any atom is 0.245 e. The first kappa shape index (κ1) is 12.4. The Bertz CT molecular complexity index is 329. The summed E-state index contributed by atoms with van der Waals surface area (Å²) in [5, 5.41) is 2.88. The van der Waals surface area contributed by atoms with Crippen LogP contribution < -0.4 is 5.32 Å². The Kier molecular flexibility index (Phi) is 3.40. The van der Waals surface area contributed by atoms with Gasteiger partial charge < -0.3 is 10.2 Å². The number of hydrogen-bond acceptors (Lipinski definition) is 2. The summed E-state index contributed by atoms with van der Waals surface area (Å²) in [6.45, 7) is 6.84. The lowest BCUT2D eigenvalue weighted by Crippen LogP contribution is -2.49. The Hall–Kier alpha value is -1.06. The largest absolute Gasteiger partial charge is 0.344 e. The van der Waals surface area contributed by atoms with E-state index in [4.69, 9.17) is 0 Å². The standard InChI is InChI=1S/C13H22N2O2/c1-4-8(2)12-13(17)15(10-7-9(10)3)6-5-11(16)14-12/h8-10,12H,4-7H2,1-3H3,(H,14,16). The molecule has 1 aliphatic heterocycles. The maximum absolute atomic E-state index is 12.4. The van der Waals surface area contributed by atoms with Gasteiger partial charge in [-0.25, -0.2) is 0 Å². The van der Waals surface area contributed by atoms with Crippen LogP contribution in [0.15, 0.2) is 0 Å². The predicted molar refractivity (Wildman–Crippen MR) is 65.3 cm³/mol. The molecule has 4 nitrogen and oxygen atoms in total. The van der Waals surface area contributed by atoms with Crippen molar-refractivity contribution < 1.29 is 9.59 Å². The molecular formula is C13H22N2O2. The van der Waals surface area contributed by atoms with Crippen molar-refractivity contribution in [2.24, 2.45) is 11.8 Å². The van der Waals surface area contributed by atoms with Crippen molar-refractivity contribution in [2.75, 3.05) is 6.54 Å². The smallest absolute Gasteiger partial charge is 0.245 e. The third-order valence-corrected chi connectivity index (χ3v) is 4.13. The fourth-order valence-corrected chi connectivity index (χ4v) is 2.51. The van der Waals surface area contributed by atoms with Crippen LogP contribution in [-0.2, 0) is 9.59 Å². The Morgan fingerprint density at radius 3 is 2.65 bits per heavy atom. The highest BCUT2D eigenvalue weighted by Gasteiger charge is 2.44. The summed E-state index contributed by atoms with van der Waals surface area (Å²) in [5.74, 6) is 0.949. The third kappa shape index (κ3) is 2.45. The van der Waals surface area contributed by atoms with Crippen LogP contribution in [0, 0.1) is 11.8 Å². The van der Waals surface area contributed by atoms with E-state index in [0.29, 0.717) is 24.9 Å². The van der Waals surface area contributed by atoms with Crippen molar-refractivity contribution in [1.29, 1.82) is 0 Å². The van der Waals surface area contributed by atoms with Crippen molar-refractivity contribution in [3.8, 4) is 0 Å². The highest BCUT2D eigenvalue weighted by molar-refractivity contribution is 5.90. The Labute approximate surface area is 103 Å². The highest BCUT2D eigenvalue weighted by atomic mass is 16.2. The second-order valence-electron chi connectivity index (χ2n) is 5.49. The van der Waals surface area contributed by atoms with Crippen LogP contribution >= 0.6 is 0 Å². The zero-order chi connectivity index (χ0) is 12.6. The molecule has 4 heteroatoms. The van der Waals surface area contributed by atoms with Gasteiger partial charge in [-0.05, 0) is 18.3 Å². The minimum absolute atomic E-state index is 0.0134. The molecule has 1 heterocycles. The first-order chi connectivity index (χ1) is 8.04. The van der Waals surface area contributed by atoms with E-state index < -0.39 is 0 Å². The lowest BCUT2D eigenvalue weighted by molar-refractivity contribution is -0.135. The number of hydrogen-bond donors (Lipinski definition) is 1. The van der Waals surface area contributed by atoms with Crippen LogP contribution in [0.4, 0.5) is 0 Å². The average molecular weight is 238 g/mol. The molecule has 0 spiro atoms. The van der Waals surface area contributed by atoms with Crippen molar-refractivity contribution in [1.82, 2.24) is 10.2 Å². The quantitative estimate of drug-likeness (QED) is 0.802. The van der Waals surface area contributed by atoms with Gasteiger partial charge in [-0.15, -0.1) is 0 Å². The van der Waals surface area contributed by atoms with Crippen molar-refractivity contribution in [3.05, 3.63) is 0 Å². The van der Waals surface area contributed by atoms with E-state index >= 15 is 0 Å². The summed E-state index contributed by atoms with van der Waals surface area (Å²) in [6, 6.07) is 0.0598. The van der Waals surface area contributed by atoms with E-state index in [1.54, 1.807) is 0 Å². The van der Waals surface area contributed by atoms with Gasteiger partial charge in [0.1, 0.15) is 6.04 Å². The van der Waals surface area contributed by atoms with Crippen LogP contribution in [0.5, 0.6) is 0 Å². The molecule has 1 saturated carbocycles. The normalized spacial score (nSPS) is 35.2. The maximum atomic E-state index is 12.4. The first-order valence-electron chi connectivity index (χ1n) is 6.64. The number of carbonyl (C=O) groups is 2. The number of nitrogens with one attached hydrogen (secondary N) is 1. The number of carbonyl (C=O) groups excluding carboxylic acids is 2. The van der Waals surface area contributed by atoms with Gasteiger partial charge >= 0.3 is 0 Å². The van der Waals surface area contributed by atoms with Crippen molar-refractivity contribution in [2.45, 2.75) is 52.1 Å². The monoisotopic (exact) mass is 238 g/mol. The van der Waals surface area contributed by atoms with E-state index in [9.17, 15) is 9.59 Å². The second-order valence-corrected chi connectivity index (χ2v) is 5.49. The predicted octanol–water partition coefficient (Wildman–Crippen LogP) is 1.16. The molecule has 0 radical (unpaired) electrons. The van der Waals surface area contributed by atoms with E-state index in [1.807, 2.05) is 11.8 Å². The van der Waals surface area contributed by atoms with Crippen LogP contribution in [0.3, 0.4) is 0 Å². The molecule has 0 aromatic heterocycles. The van der Waals surface area contributed by atoms with Gasteiger partial charge in [0.25, 0.3) is 0 Å². The van der Waals surface area contributed by atoms with Gasteiger partial charge in [0.15, 0.2) is 0 Å². The molecule has 0 bridgehead atoms. The van der Waals surface area contributed by atoms with E-state index in [1.165, 1.54) is 0 Å². The first-order valence-corrected chi connectivity index (χ1v) is 6.64. The van der Waals surface area contributed by atoms with Crippen LogP contribution in [0.25, 0.3) is 0 Å². The summed E-state index contributed by atoms with van der Waals surface area (Å²) >= 11 is 0. The van der Waals surface area contributed by atoms with Crippen LogP contribution in [0.2, 0.25) is 0 Å². The van der Waals surface area contributed by atoms with Gasteiger partial charge in [-0.2, -0.15) is 0 Å². The Morgan fingerprint density at radius 2 is 2.12 bits per heavy atom. The van der Waals surface area contributed by atoms with Gasteiger partial charge in [-0.3, -0.25) is 9.59 Å². The van der Waals surface area contributed by atoms with Gasteiger partial charge in [-0.1, -0.05) is 27.2 Å². The number of amides is 2.